The first kappa shape index (κ1) is 12.2. The van der Waals surface area contributed by atoms with Crippen molar-refractivity contribution in [2.24, 2.45) is 0 Å². The zero-order valence-electron chi connectivity index (χ0n) is 5.66. The average Bonchev–Trinajstić information content (AvgIpc) is 1.86. The maximum absolute atomic E-state index is 10.4. The molecular formula is C6H4ClCuO3P. The smallest absolute Gasteiger partial charge is 0.807 e. The molecule has 0 N–H and O–H groups in total. The normalized spacial score (nSPS) is 10.6. The quantitative estimate of drug-likeness (QED) is 0.518. The van der Waals surface area contributed by atoms with Crippen LogP contribution in [0.15, 0.2) is 24.3 Å². The van der Waals surface area contributed by atoms with Crippen LogP contribution < -0.4 is 15.1 Å². The van der Waals surface area contributed by atoms with E-state index >= 15 is 0 Å². The number of rotatable bonds is 1. The molecule has 1 aromatic rings. The van der Waals surface area contributed by atoms with Crippen molar-refractivity contribution in [1.82, 2.24) is 0 Å². The Morgan fingerprint density at radius 3 is 1.92 bits per heavy atom. The molecule has 0 spiro atoms. The molecular weight excluding hydrogens is 250 g/mol. The van der Waals surface area contributed by atoms with Crippen molar-refractivity contribution in [3.63, 3.8) is 0 Å². The van der Waals surface area contributed by atoms with Gasteiger partial charge in [0, 0.05) is 5.02 Å². The Labute approximate surface area is 85.4 Å². The van der Waals surface area contributed by atoms with Gasteiger partial charge in [0.05, 0.1) is 0 Å². The second-order valence-corrected chi connectivity index (χ2v) is 3.92. The van der Waals surface area contributed by atoms with Crippen LogP contribution >= 0.6 is 19.2 Å². The van der Waals surface area contributed by atoms with Gasteiger partial charge in [-0.3, -0.25) is 0 Å². The van der Waals surface area contributed by atoms with Gasteiger partial charge in [-0.05, 0) is 25.0 Å². The van der Waals surface area contributed by atoms with Gasteiger partial charge in [-0.15, -0.1) is 0 Å². The number of hydrogen-bond donors (Lipinski definition) is 0. The van der Waals surface area contributed by atoms with Crippen LogP contribution in [-0.2, 0) is 21.6 Å². The van der Waals surface area contributed by atoms with Crippen molar-refractivity contribution in [1.29, 1.82) is 0 Å². The molecule has 0 amide bonds. The van der Waals surface area contributed by atoms with Crippen LogP contribution in [0, 0.1) is 0 Å². The first-order valence-electron chi connectivity index (χ1n) is 2.78. The van der Waals surface area contributed by atoms with Gasteiger partial charge in [-0.2, -0.15) is 0 Å². The molecule has 0 aliphatic rings. The van der Waals surface area contributed by atoms with Gasteiger partial charge in [0.2, 0.25) is 0 Å². The number of benzene rings is 1. The molecule has 0 bridgehead atoms. The summed E-state index contributed by atoms with van der Waals surface area (Å²) >= 11 is 5.47. The number of halogens is 1. The van der Waals surface area contributed by atoms with E-state index in [1.165, 1.54) is 24.3 Å². The summed E-state index contributed by atoms with van der Waals surface area (Å²) in [6.07, 6.45) is 0. The van der Waals surface area contributed by atoms with Crippen LogP contribution in [0.1, 0.15) is 0 Å². The summed E-state index contributed by atoms with van der Waals surface area (Å²) in [5, 5.41) is 0.170. The molecule has 6 heteroatoms. The van der Waals surface area contributed by atoms with Gasteiger partial charge < -0.3 is 14.4 Å². The Kier molecular flexibility index (Phi) is 4.49. The van der Waals surface area contributed by atoms with E-state index in [9.17, 15) is 14.4 Å². The van der Waals surface area contributed by atoms with Crippen molar-refractivity contribution < 1.29 is 31.4 Å². The van der Waals surface area contributed by atoms with E-state index in [0.29, 0.717) is 5.02 Å². The maximum Gasteiger partial charge on any atom is 2.00 e. The fourth-order valence-electron chi connectivity index (χ4n) is 0.624. The Hall–Kier alpha value is 0.179. The first-order valence-corrected chi connectivity index (χ1v) is 4.70. The SMILES string of the molecule is O=P([O-])([O-])c1ccc(Cl)cc1.[Cu+2]. The van der Waals surface area contributed by atoms with Crippen LogP contribution in [0.25, 0.3) is 0 Å². The Morgan fingerprint density at radius 2 is 1.58 bits per heavy atom. The molecule has 12 heavy (non-hydrogen) atoms. The van der Waals surface area contributed by atoms with E-state index in [2.05, 4.69) is 0 Å². The second-order valence-electron chi connectivity index (χ2n) is 1.97. The fourth-order valence-corrected chi connectivity index (χ4v) is 1.26. The predicted octanol–water partition coefficient (Wildman–Crippen LogP) is -0.123. The van der Waals surface area contributed by atoms with Crippen molar-refractivity contribution in [2.45, 2.75) is 0 Å². The van der Waals surface area contributed by atoms with Gasteiger partial charge in [-0.25, -0.2) is 0 Å². The molecule has 0 aromatic heterocycles. The average molecular weight is 254 g/mol. The van der Waals surface area contributed by atoms with E-state index in [1.807, 2.05) is 0 Å². The molecule has 1 radical (unpaired) electrons. The molecule has 0 aliphatic carbocycles. The molecule has 0 aliphatic heterocycles. The molecule has 0 heterocycles. The first-order chi connectivity index (χ1) is 5.00. The van der Waals surface area contributed by atoms with Crippen LogP contribution in [0.4, 0.5) is 0 Å². The monoisotopic (exact) mass is 253 g/mol. The largest absolute Gasteiger partial charge is 2.00 e. The Morgan fingerprint density at radius 1 is 1.17 bits per heavy atom. The van der Waals surface area contributed by atoms with Gasteiger partial charge >= 0.3 is 17.1 Å². The van der Waals surface area contributed by atoms with E-state index in [0.717, 1.165) is 0 Å². The summed E-state index contributed by atoms with van der Waals surface area (Å²) in [7, 11) is -4.60. The molecule has 0 unspecified atom stereocenters. The summed E-state index contributed by atoms with van der Waals surface area (Å²) in [6.45, 7) is 0. The van der Waals surface area contributed by atoms with Crippen LogP contribution in [0.2, 0.25) is 5.02 Å². The van der Waals surface area contributed by atoms with E-state index in [4.69, 9.17) is 11.6 Å². The topological polar surface area (TPSA) is 63.2 Å². The van der Waals surface area contributed by atoms with Crippen molar-refractivity contribution >= 4 is 24.5 Å². The fraction of sp³-hybridized carbons (Fsp3) is 0. The standard InChI is InChI=1S/C6H6ClO3P.Cu/c7-5-1-3-6(4-2-5)11(8,9)10;/h1-4H,(H2,8,9,10);/q;+2/p-2. The van der Waals surface area contributed by atoms with Crippen LogP contribution in [0.5, 0.6) is 0 Å². The molecule has 3 nitrogen and oxygen atoms in total. The van der Waals surface area contributed by atoms with Gasteiger partial charge in [-0.1, -0.05) is 23.7 Å². The predicted molar refractivity (Wildman–Crippen MR) is 38.7 cm³/mol. The minimum atomic E-state index is -4.60. The van der Waals surface area contributed by atoms with Gasteiger partial charge in [0.1, 0.15) is 0 Å². The summed E-state index contributed by atoms with van der Waals surface area (Å²) in [5.74, 6) is 0. The third-order valence-electron chi connectivity index (χ3n) is 1.14. The van der Waals surface area contributed by atoms with Crippen molar-refractivity contribution in [2.75, 3.05) is 0 Å². The molecule has 0 saturated carbocycles. The summed E-state index contributed by atoms with van der Waals surface area (Å²) < 4.78 is 10.4. The summed E-state index contributed by atoms with van der Waals surface area (Å²) in [6, 6.07) is 5.09. The zero-order valence-corrected chi connectivity index (χ0v) is 8.25. The zero-order chi connectivity index (χ0) is 8.48. The van der Waals surface area contributed by atoms with Gasteiger partial charge in [0.25, 0.3) is 0 Å². The van der Waals surface area contributed by atoms with E-state index in [-0.39, 0.29) is 22.4 Å². The number of hydrogen-bond acceptors (Lipinski definition) is 3. The minimum absolute atomic E-state index is 0. The molecule has 69 valence electrons. The molecule has 0 fully saturated rings. The summed E-state index contributed by atoms with van der Waals surface area (Å²) in [5.41, 5.74) is 0. The summed E-state index contributed by atoms with van der Waals surface area (Å²) in [4.78, 5) is 20.7. The Bertz CT molecular complexity index is 294. The van der Waals surface area contributed by atoms with E-state index in [1.54, 1.807) is 0 Å². The molecule has 1 aromatic carbocycles. The maximum atomic E-state index is 10.4. The van der Waals surface area contributed by atoms with Crippen molar-refractivity contribution in [3.05, 3.63) is 29.3 Å². The van der Waals surface area contributed by atoms with Crippen LogP contribution in [0.3, 0.4) is 0 Å². The van der Waals surface area contributed by atoms with Crippen LogP contribution in [-0.4, -0.2) is 0 Å². The molecule has 0 atom stereocenters. The van der Waals surface area contributed by atoms with Crippen molar-refractivity contribution in [3.8, 4) is 0 Å². The third-order valence-corrected chi connectivity index (χ3v) is 2.33. The molecule has 0 saturated heterocycles. The second kappa shape index (κ2) is 4.43. The Balaban J connectivity index is 0.00000121. The molecule has 1 rings (SSSR count). The van der Waals surface area contributed by atoms with E-state index < -0.39 is 7.60 Å². The third kappa shape index (κ3) is 3.28. The minimum Gasteiger partial charge on any atom is -0.807 e. The van der Waals surface area contributed by atoms with Gasteiger partial charge in [0.15, 0.2) is 0 Å².